The molecule has 1 aromatic carbocycles. The Hall–Kier alpha value is -1.57. The van der Waals surface area contributed by atoms with Crippen LogP contribution in [0.25, 0.3) is 6.08 Å². The van der Waals surface area contributed by atoms with E-state index >= 15 is 0 Å². The smallest absolute Gasteiger partial charge is 0.0546 e. The quantitative estimate of drug-likeness (QED) is 0.417. The largest absolute Gasteiger partial charge is 0.323 e. The summed E-state index contributed by atoms with van der Waals surface area (Å²) < 4.78 is 0. The van der Waals surface area contributed by atoms with Gasteiger partial charge in [-0.2, -0.15) is 5.10 Å². The molecule has 0 radical (unpaired) electrons. The molecule has 2 N–H and O–H groups in total. The minimum absolute atomic E-state index is 1.04. The van der Waals surface area contributed by atoms with Crippen LogP contribution in [0.1, 0.15) is 22.3 Å². The lowest BCUT2D eigenvalue weighted by Gasteiger charge is -2.06. The summed E-state index contributed by atoms with van der Waals surface area (Å²) in [6.07, 6.45) is 3.47. The summed E-state index contributed by atoms with van der Waals surface area (Å²) in [7, 11) is 0. The maximum atomic E-state index is 5.13. The van der Waals surface area contributed by atoms with Gasteiger partial charge >= 0.3 is 0 Å². The Balaban J connectivity index is 3.37. The van der Waals surface area contributed by atoms with Crippen LogP contribution in [-0.4, -0.2) is 6.21 Å². The lowest BCUT2D eigenvalue weighted by molar-refractivity contribution is 1.25. The van der Waals surface area contributed by atoms with Gasteiger partial charge in [-0.25, -0.2) is 0 Å². The molecule has 1 aromatic rings. The van der Waals surface area contributed by atoms with Gasteiger partial charge in [0, 0.05) is 5.56 Å². The van der Waals surface area contributed by atoms with Crippen molar-refractivity contribution in [2.75, 3.05) is 0 Å². The van der Waals surface area contributed by atoms with Crippen molar-refractivity contribution in [1.82, 2.24) is 0 Å². The van der Waals surface area contributed by atoms with E-state index in [9.17, 15) is 0 Å². The number of benzene rings is 1. The molecule has 0 saturated carbocycles. The molecule has 13 heavy (non-hydrogen) atoms. The van der Waals surface area contributed by atoms with E-state index in [-0.39, 0.29) is 0 Å². The summed E-state index contributed by atoms with van der Waals surface area (Å²) in [4.78, 5) is 0. The minimum Gasteiger partial charge on any atom is -0.323 e. The van der Waals surface area contributed by atoms with Crippen LogP contribution in [0.5, 0.6) is 0 Å². The Morgan fingerprint density at radius 1 is 1.38 bits per heavy atom. The summed E-state index contributed by atoms with van der Waals surface area (Å²) in [6, 6.07) is 4.17. The molecule has 0 bridgehead atoms. The average molecular weight is 174 g/mol. The lowest BCUT2D eigenvalue weighted by Crippen LogP contribution is -1.95. The second kappa shape index (κ2) is 3.90. The Kier molecular flexibility index (Phi) is 2.85. The van der Waals surface area contributed by atoms with Gasteiger partial charge in [0.2, 0.25) is 0 Å². The van der Waals surface area contributed by atoms with E-state index in [4.69, 9.17) is 5.84 Å². The predicted molar refractivity (Wildman–Crippen MR) is 57.8 cm³/mol. The van der Waals surface area contributed by atoms with Crippen LogP contribution in [0, 0.1) is 13.8 Å². The summed E-state index contributed by atoms with van der Waals surface area (Å²) in [5, 5.41) is 3.53. The zero-order valence-corrected chi connectivity index (χ0v) is 8.04. The topological polar surface area (TPSA) is 38.4 Å². The highest BCUT2D eigenvalue weighted by molar-refractivity contribution is 5.87. The molecule has 2 heteroatoms. The summed E-state index contributed by atoms with van der Waals surface area (Å²) in [5.41, 5.74) is 4.51. The molecule has 0 saturated heterocycles. The van der Waals surface area contributed by atoms with Crippen molar-refractivity contribution in [3.8, 4) is 0 Å². The van der Waals surface area contributed by atoms with E-state index in [0.29, 0.717) is 0 Å². The first kappa shape index (κ1) is 9.52. The van der Waals surface area contributed by atoms with Crippen molar-refractivity contribution in [3.05, 3.63) is 41.0 Å². The van der Waals surface area contributed by atoms with Crippen LogP contribution < -0.4 is 5.84 Å². The van der Waals surface area contributed by atoms with Crippen LogP contribution in [0.15, 0.2) is 23.8 Å². The van der Waals surface area contributed by atoms with E-state index in [1.807, 2.05) is 13.0 Å². The SMILES string of the molecule is C=Cc1cc(C)cc(C)c1/C=N\N. The van der Waals surface area contributed by atoms with Gasteiger partial charge in [0.15, 0.2) is 0 Å². The maximum absolute atomic E-state index is 5.13. The molecule has 0 aromatic heterocycles. The van der Waals surface area contributed by atoms with E-state index in [1.54, 1.807) is 6.21 Å². The Labute approximate surface area is 78.8 Å². The van der Waals surface area contributed by atoms with Gasteiger partial charge in [-0.3, -0.25) is 0 Å². The molecule has 0 heterocycles. The first-order chi connectivity index (χ1) is 6.19. The molecule has 0 unspecified atom stereocenters. The standard InChI is InChI=1S/C11H14N2/c1-4-10-6-8(2)5-9(3)11(10)7-13-12/h4-7H,1,12H2,2-3H3/b13-7-. The van der Waals surface area contributed by atoms with Gasteiger partial charge in [0.1, 0.15) is 0 Å². The first-order valence-corrected chi connectivity index (χ1v) is 4.16. The second-order valence-corrected chi connectivity index (χ2v) is 3.07. The molecule has 2 nitrogen and oxygen atoms in total. The summed E-state index contributed by atoms with van der Waals surface area (Å²) in [5.74, 6) is 5.13. The number of hydrazone groups is 1. The molecule has 0 aliphatic heterocycles. The Morgan fingerprint density at radius 2 is 2.08 bits per heavy atom. The van der Waals surface area contributed by atoms with Gasteiger partial charge in [-0.15, -0.1) is 0 Å². The van der Waals surface area contributed by atoms with Crippen molar-refractivity contribution >= 4 is 12.3 Å². The summed E-state index contributed by atoms with van der Waals surface area (Å²) >= 11 is 0. The Morgan fingerprint density at radius 3 is 2.62 bits per heavy atom. The summed E-state index contributed by atoms with van der Waals surface area (Å²) in [6.45, 7) is 7.85. The molecular weight excluding hydrogens is 160 g/mol. The van der Waals surface area contributed by atoms with Crippen molar-refractivity contribution in [2.24, 2.45) is 10.9 Å². The third-order valence-corrected chi connectivity index (χ3v) is 1.99. The third-order valence-electron chi connectivity index (χ3n) is 1.99. The molecule has 0 amide bonds. The van der Waals surface area contributed by atoms with Gasteiger partial charge in [-0.1, -0.05) is 30.4 Å². The molecular formula is C11H14N2. The maximum Gasteiger partial charge on any atom is 0.0546 e. The van der Waals surface area contributed by atoms with Crippen molar-refractivity contribution < 1.29 is 0 Å². The van der Waals surface area contributed by atoms with E-state index in [0.717, 1.165) is 11.1 Å². The molecule has 0 fully saturated rings. The van der Waals surface area contributed by atoms with Crippen LogP contribution in [0.3, 0.4) is 0 Å². The molecule has 0 aliphatic carbocycles. The van der Waals surface area contributed by atoms with Crippen LogP contribution in [0.4, 0.5) is 0 Å². The highest BCUT2D eigenvalue weighted by atomic mass is 15.1. The third kappa shape index (κ3) is 1.96. The normalized spacial score (nSPS) is 10.6. The van der Waals surface area contributed by atoms with Gasteiger partial charge in [-0.05, 0) is 25.0 Å². The zero-order valence-electron chi connectivity index (χ0n) is 8.04. The Bertz CT molecular complexity index is 351. The van der Waals surface area contributed by atoms with Crippen molar-refractivity contribution in [3.63, 3.8) is 0 Å². The van der Waals surface area contributed by atoms with Gasteiger partial charge in [0.25, 0.3) is 0 Å². The number of hydrogen-bond acceptors (Lipinski definition) is 2. The highest BCUT2D eigenvalue weighted by Crippen LogP contribution is 2.16. The van der Waals surface area contributed by atoms with E-state index in [2.05, 4.69) is 30.7 Å². The second-order valence-electron chi connectivity index (χ2n) is 3.07. The van der Waals surface area contributed by atoms with Crippen molar-refractivity contribution in [2.45, 2.75) is 13.8 Å². The first-order valence-electron chi connectivity index (χ1n) is 4.16. The molecule has 68 valence electrons. The van der Waals surface area contributed by atoms with E-state index in [1.165, 1.54) is 11.1 Å². The fraction of sp³-hybridized carbons (Fsp3) is 0.182. The zero-order chi connectivity index (χ0) is 9.84. The van der Waals surface area contributed by atoms with E-state index < -0.39 is 0 Å². The predicted octanol–water partition coefficient (Wildman–Crippen LogP) is 2.24. The molecule has 0 aliphatic rings. The molecule has 0 atom stereocenters. The van der Waals surface area contributed by atoms with Crippen LogP contribution >= 0.6 is 0 Å². The molecule has 0 spiro atoms. The number of hydrogen-bond donors (Lipinski definition) is 1. The lowest BCUT2D eigenvalue weighted by atomic mass is 10.00. The minimum atomic E-state index is 1.04. The van der Waals surface area contributed by atoms with Crippen LogP contribution in [-0.2, 0) is 0 Å². The monoisotopic (exact) mass is 174 g/mol. The highest BCUT2D eigenvalue weighted by Gasteiger charge is 2.01. The number of nitrogens with zero attached hydrogens (tertiary/aromatic N) is 1. The van der Waals surface area contributed by atoms with Gasteiger partial charge in [0.05, 0.1) is 6.21 Å². The number of nitrogens with two attached hydrogens (primary N) is 1. The number of aryl methyl sites for hydroxylation is 2. The average Bonchev–Trinajstić information content (AvgIpc) is 2.09. The number of rotatable bonds is 2. The van der Waals surface area contributed by atoms with Crippen LogP contribution in [0.2, 0.25) is 0 Å². The fourth-order valence-electron chi connectivity index (χ4n) is 1.43. The molecule has 1 rings (SSSR count). The van der Waals surface area contributed by atoms with Gasteiger partial charge < -0.3 is 5.84 Å². The van der Waals surface area contributed by atoms with Crippen molar-refractivity contribution in [1.29, 1.82) is 0 Å². The fourth-order valence-corrected chi connectivity index (χ4v) is 1.43.